The number of rotatable bonds is 5. The molecule has 2 heteroatoms. The van der Waals surface area contributed by atoms with E-state index < -0.39 is 0 Å². The fourth-order valence-corrected chi connectivity index (χ4v) is 2.83. The maximum atomic E-state index is 3.62. The molecular formula is C17H28N2. The minimum absolute atomic E-state index is 0.699. The smallest absolute Gasteiger partial charge is 0.0205 e. The van der Waals surface area contributed by atoms with Gasteiger partial charge in [-0.05, 0) is 69.8 Å². The van der Waals surface area contributed by atoms with Crippen molar-refractivity contribution in [2.45, 2.75) is 46.7 Å². The van der Waals surface area contributed by atoms with Gasteiger partial charge in [0.1, 0.15) is 0 Å². The zero-order valence-corrected chi connectivity index (χ0v) is 12.9. The molecule has 0 aromatic heterocycles. The molecule has 1 unspecified atom stereocenters. The van der Waals surface area contributed by atoms with Crippen LogP contribution in [0.25, 0.3) is 0 Å². The Hall–Kier alpha value is -0.860. The monoisotopic (exact) mass is 260 g/mol. The molecule has 2 rings (SSSR count). The van der Waals surface area contributed by atoms with Gasteiger partial charge in [0.15, 0.2) is 0 Å². The van der Waals surface area contributed by atoms with E-state index in [1.807, 2.05) is 0 Å². The van der Waals surface area contributed by atoms with Crippen molar-refractivity contribution in [3.8, 4) is 0 Å². The fourth-order valence-electron chi connectivity index (χ4n) is 2.83. The van der Waals surface area contributed by atoms with E-state index in [1.165, 1.54) is 36.2 Å². The average molecular weight is 260 g/mol. The van der Waals surface area contributed by atoms with Gasteiger partial charge in [-0.15, -0.1) is 0 Å². The highest BCUT2D eigenvalue weighted by Gasteiger charge is 2.23. The topological polar surface area (TPSA) is 15.3 Å². The fraction of sp³-hybridized carbons (Fsp3) is 0.647. The first kappa shape index (κ1) is 14.5. The Bertz CT molecular complexity index is 412. The van der Waals surface area contributed by atoms with Crippen LogP contribution in [0.2, 0.25) is 0 Å². The molecule has 1 heterocycles. The predicted molar refractivity (Wildman–Crippen MR) is 82.4 cm³/mol. The van der Waals surface area contributed by atoms with E-state index in [9.17, 15) is 0 Å². The van der Waals surface area contributed by atoms with Crippen LogP contribution in [0.3, 0.4) is 0 Å². The summed E-state index contributed by atoms with van der Waals surface area (Å²) < 4.78 is 0. The summed E-state index contributed by atoms with van der Waals surface area (Å²) in [5.74, 6) is 0.828. The van der Waals surface area contributed by atoms with Crippen LogP contribution in [-0.4, -0.2) is 30.6 Å². The lowest BCUT2D eigenvalue weighted by Gasteiger charge is -2.20. The van der Waals surface area contributed by atoms with Crippen LogP contribution < -0.4 is 5.32 Å². The molecular weight excluding hydrogens is 232 g/mol. The third-order valence-corrected chi connectivity index (χ3v) is 4.38. The molecule has 19 heavy (non-hydrogen) atoms. The first-order valence-electron chi connectivity index (χ1n) is 7.57. The molecule has 0 radical (unpaired) electrons. The Morgan fingerprint density at radius 1 is 1.26 bits per heavy atom. The second-order valence-electron chi connectivity index (χ2n) is 6.29. The summed E-state index contributed by atoms with van der Waals surface area (Å²) in [7, 11) is 0. The molecule has 106 valence electrons. The Kier molecular flexibility index (Phi) is 5.00. The quantitative estimate of drug-likeness (QED) is 0.875. The number of nitrogens with zero attached hydrogens (tertiary/aromatic N) is 1. The zero-order chi connectivity index (χ0) is 13.8. The van der Waals surface area contributed by atoms with Crippen LogP contribution >= 0.6 is 0 Å². The van der Waals surface area contributed by atoms with E-state index in [1.54, 1.807) is 0 Å². The van der Waals surface area contributed by atoms with Crippen LogP contribution in [0.15, 0.2) is 18.2 Å². The van der Waals surface area contributed by atoms with Crippen LogP contribution in [0.1, 0.15) is 37.0 Å². The van der Waals surface area contributed by atoms with Crippen molar-refractivity contribution in [3.05, 3.63) is 34.9 Å². The van der Waals surface area contributed by atoms with Crippen molar-refractivity contribution in [1.82, 2.24) is 10.2 Å². The molecule has 0 bridgehead atoms. The maximum absolute atomic E-state index is 3.62. The van der Waals surface area contributed by atoms with E-state index in [-0.39, 0.29) is 0 Å². The number of likely N-dealkylation sites (tertiary alicyclic amines) is 1. The van der Waals surface area contributed by atoms with Gasteiger partial charge in [-0.25, -0.2) is 0 Å². The van der Waals surface area contributed by atoms with Crippen LogP contribution in [0, 0.1) is 19.8 Å². The van der Waals surface area contributed by atoms with E-state index in [4.69, 9.17) is 0 Å². The van der Waals surface area contributed by atoms with Gasteiger partial charge < -0.3 is 10.2 Å². The van der Waals surface area contributed by atoms with Crippen molar-refractivity contribution in [3.63, 3.8) is 0 Å². The first-order chi connectivity index (χ1) is 9.06. The minimum atomic E-state index is 0.699. The lowest BCUT2D eigenvalue weighted by atomic mass is 10.1. The van der Waals surface area contributed by atoms with Gasteiger partial charge in [-0.3, -0.25) is 0 Å². The maximum Gasteiger partial charge on any atom is 0.0205 e. The molecule has 2 nitrogen and oxygen atoms in total. The highest BCUT2D eigenvalue weighted by atomic mass is 15.2. The van der Waals surface area contributed by atoms with Crippen molar-refractivity contribution >= 4 is 0 Å². The lowest BCUT2D eigenvalue weighted by Crippen LogP contribution is -2.30. The first-order valence-corrected chi connectivity index (χ1v) is 7.57. The van der Waals surface area contributed by atoms with Gasteiger partial charge in [0.05, 0.1) is 0 Å². The van der Waals surface area contributed by atoms with Gasteiger partial charge in [0.2, 0.25) is 0 Å². The molecule has 1 fully saturated rings. The number of nitrogens with one attached hydrogen (secondary N) is 1. The van der Waals surface area contributed by atoms with Gasteiger partial charge in [-0.2, -0.15) is 0 Å². The van der Waals surface area contributed by atoms with Crippen molar-refractivity contribution < 1.29 is 0 Å². The summed E-state index contributed by atoms with van der Waals surface area (Å²) in [6, 6.07) is 7.47. The molecule has 1 aliphatic heterocycles. The average Bonchev–Trinajstić information content (AvgIpc) is 2.83. The summed E-state index contributed by atoms with van der Waals surface area (Å²) in [6.07, 6.45) is 1.35. The van der Waals surface area contributed by atoms with Gasteiger partial charge >= 0.3 is 0 Å². The summed E-state index contributed by atoms with van der Waals surface area (Å²) in [5.41, 5.74) is 4.18. The number of benzene rings is 1. The third-order valence-electron chi connectivity index (χ3n) is 4.38. The van der Waals surface area contributed by atoms with Crippen LogP contribution in [0.5, 0.6) is 0 Å². The van der Waals surface area contributed by atoms with E-state index in [0.717, 1.165) is 19.0 Å². The summed E-state index contributed by atoms with van der Waals surface area (Å²) >= 11 is 0. The molecule has 1 N–H and O–H groups in total. The van der Waals surface area contributed by atoms with E-state index in [2.05, 4.69) is 56.1 Å². The highest BCUT2D eigenvalue weighted by Crippen LogP contribution is 2.17. The molecule has 0 spiro atoms. The van der Waals surface area contributed by atoms with Crippen LogP contribution in [0.4, 0.5) is 0 Å². The second-order valence-corrected chi connectivity index (χ2v) is 6.29. The summed E-state index contributed by atoms with van der Waals surface area (Å²) in [6.45, 7) is 13.6. The van der Waals surface area contributed by atoms with Crippen molar-refractivity contribution in [2.75, 3.05) is 19.6 Å². The molecule has 1 aliphatic rings. The van der Waals surface area contributed by atoms with Crippen molar-refractivity contribution in [2.24, 2.45) is 5.92 Å². The normalized spacial score (nSPS) is 20.4. The molecule has 1 atom stereocenters. The third kappa shape index (κ3) is 4.05. The Morgan fingerprint density at radius 2 is 2.05 bits per heavy atom. The Labute approximate surface area is 118 Å². The Balaban J connectivity index is 1.73. The second kappa shape index (κ2) is 6.53. The van der Waals surface area contributed by atoms with Gasteiger partial charge in [0, 0.05) is 19.1 Å². The van der Waals surface area contributed by atoms with E-state index >= 15 is 0 Å². The zero-order valence-electron chi connectivity index (χ0n) is 12.9. The largest absolute Gasteiger partial charge is 0.312 e. The standard InChI is InChI=1S/C17H28N2/c1-13(2)19-8-7-17(12-19)11-18-10-16-6-5-14(3)15(4)9-16/h5-6,9,13,17-18H,7-8,10-12H2,1-4H3. The molecule has 0 saturated carbocycles. The summed E-state index contributed by atoms with van der Waals surface area (Å²) in [4.78, 5) is 2.59. The van der Waals surface area contributed by atoms with Gasteiger partial charge in [0.25, 0.3) is 0 Å². The Morgan fingerprint density at radius 3 is 2.68 bits per heavy atom. The number of aryl methyl sites for hydroxylation is 2. The molecule has 1 aromatic rings. The number of hydrogen-bond donors (Lipinski definition) is 1. The van der Waals surface area contributed by atoms with Crippen molar-refractivity contribution in [1.29, 1.82) is 0 Å². The van der Waals surface area contributed by atoms with Crippen LogP contribution in [-0.2, 0) is 6.54 Å². The number of hydrogen-bond acceptors (Lipinski definition) is 2. The highest BCUT2D eigenvalue weighted by molar-refractivity contribution is 5.29. The predicted octanol–water partition coefficient (Wildman–Crippen LogP) is 3.12. The minimum Gasteiger partial charge on any atom is -0.312 e. The molecule has 1 aromatic carbocycles. The molecule has 0 amide bonds. The molecule has 1 saturated heterocycles. The molecule has 0 aliphatic carbocycles. The SMILES string of the molecule is Cc1ccc(CNCC2CCN(C(C)C)C2)cc1C. The van der Waals surface area contributed by atoms with E-state index in [0.29, 0.717) is 6.04 Å². The van der Waals surface area contributed by atoms with Gasteiger partial charge in [-0.1, -0.05) is 18.2 Å². The lowest BCUT2D eigenvalue weighted by molar-refractivity contribution is 0.264. The summed E-state index contributed by atoms with van der Waals surface area (Å²) in [5, 5.41) is 3.62.